The van der Waals surface area contributed by atoms with E-state index in [9.17, 15) is 4.21 Å². The van der Waals surface area contributed by atoms with E-state index in [4.69, 9.17) is 4.42 Å². The van der Waals surface area contributed by atoms with Crippen LogP contribution in [0.15, 0.2) is 4.42 Å². The topological polar surface area (TPSA) is 68.0 Å². The van der Waals surface area contributed by atoms with Crippen LogP contribution in [0.4, 0.5) is 0 Å². The molecule has 0 amide bonds. The largest absolute Gasteiger partial charge is 0.424 e. The van der Waals surface area contributed by atoms with Crippen LogP contribution in [-0.4, -0.2) is 32.0 Å². The molecule has 1 fully saturated rings. The maximum atomic E-state index is 11.1. The molecule has 5 nitrogen and oxygen atoms in total. The van der Waals surface area contributed by atoms with Crippen molar-refractivity contribution < 1.29 is 8.63 Å². The average molecular weight is 229 g/mol. The van der Waals surface area contributed by atoms with Crippen molar-refractivity contribution in [3.05, 3.63) is 11.8 Å². The SMILES string of the molecule is Cc1nnc(CNC2CCS(=O)CC2)o1. The minimum absolute atomic E-state index is 0.440. The molecule has 0 atom stereocenters. The summed E-state index contributed by atoms with van der Waals surface area (Å²) in [6.07, 6.45) is 1.94. The first kappa shape index (κ1) is 10.8. The van der Waals surface area contributed by atoms with Crippen molar-refractivity contribution in [1.29, 1.82) is 0 Å². The van der Waals surface area contributed by atoms with E-state index >= 15 is 0 Å². The van der Waals surface area contributed by atoms with Gasteiger partial charge in [-0.25, -0.2) is 0 Å². The summed E-state index contributed by atoms with van der Waals surface area (Å²) in [5.41, 5.74) is 0. The molecule has 1 aliphatic heterocycles. The Morgan fingerprint density at radius 2 is 2.20 bits per heavy atom. The van der Waals surface area contributed by atoms with Crippen molar-refractivity contribution in [2.45, 2.75) is 32.4 Å². The lowest BCUT2D eigenvalue weighted by molar-refractivity contribution is 0.406. The second-order valence-electron chi connectivity index (χ2n) is 3.72. The van der Waals surface area contributed by atoms with Crippen LogP contribution in [0.1, 0.15) is 24.6 Å². The Bertz CT molecular complexity index is 343. The Balaban J connectivity index is 1.76. The van der Waals surface area contributed by atoms with Crippen LogP contribution in [0.5, 0.6) is 0 Å². The predicted octanol–water partition coefficient (Wildman–Crippen LogP) is 0.379. The smallest absolute Gasteiger partial charge is 0.230 e. The Kier molecular flexibility index (Phi) is 3.48. The molecule has 2 heterocycles. The predicted molar refractivity (Wildman–Crippen MR) is 56.8 cm³/mol. The molecular formula is C9H15N3O2S. The second kappa shape index (κ2) is 4.85. The van der Waals surface area contributed by atoms with Crippen molar-refractivity contribution in [1.82, 2.24) is 15.5 Å². The maximum absolute atomic E-state index is 11.1. The van der Waals surface area contributed by atoms with Gasteiger partial charge in [-0.05, 0) is 12.8 Å². The van der Waals surface area contributed by atoms with Crippen molar-refractivity contribution in [2.24, 2.45) is 0 Å². The lowest BCUT2D eigenvalue weighted by Crippen LogP contribution is -2.35. The summed E-state index contributed by atoms with van der Waals surface area (Å²) in [5, 5.41) is 11.0. The summed E-state index contributed by atoms with van der Waals surface area (Å²) in [7, 11) is -0.596. The number of rotatable bonds is 3. The van der Waals surface area contributed by atoms with Crippen molar-refractivity contribution in [2.75, 3.05) is 11.5 Å². The van der Waals surface area contributed by atoms with Gasteiger partial charge < -0.3 is 9.73 Å². The van der Waals surface area contributed by atoms with Gasteiger partial charge in [0.15, 0.2) is 0 Å². The second-order valence-corrected chi connectivity index (χ2v) is 5.41. The average Bonchev–Trinajstić information content (AvgIpc) is 2.64. The maximum Gasteiger partial charge on any atom is 0.230 e. The van der Waals surface area contributed by atoms with Gasteiger partial charge in [-0.1, -0.05) is 0 Å². The highest BCUT2D eigenvalue weighted by Gasteiger charge is 2.17. The van der Waals surface area contributed by atoms with Gasteiger partial charge in [-0.15, -0.1) is 10.2 Å². The lowest BCUT2D eigenvalue weighted by atomic mass is 10.1. The van der Waals surface area contributed by atoms with Crippen LogP contribution in [0.2, 0.25) is 0 Å². The van der Waals surface area contributed by atoms with Crippen LogP contribution >= 0.6 is 0 Å². The van der Waals surface area contributed by atoms with Crippen molar-refractivity contribution >= 4 is 10.8 Å². The zero-order valence-electron chi connectivity index (χ0n) is 8.73. The number of nitrogens with zero attached hydrogens (tertiary/aromatic N) is 2. The molecule has 0 bridgehead atoms. The van der Waals surface area contributed by atoms with E-state index in [0.29, 0.717) is 24.4 Å². The third kappa shape index (κ3) is 3.10. The molecule has 1 saturated heterocycles. The first-order chi connectivity index (χ1) is 7.24. The summed E-state index contributed by atoms with van der Waals surface area (Å²) < 4.78 is 16.4. The molecule has 0 saturated carbocycles. The first-order valence-corrected chi connectivity index (χ1v) is 6.60. The highest BCUT2D eigenvalue weighted by molar-refractivity contribution is 7.85. The van der Waals surface area contributed by atoms with Crippen LogP contribution in [-0.2, 0) is 17.3 Å². The Morgan fingerprint density at radius 3 is 2.80 bits per heavy atom. The van der Waals surface area contributed by atoms with Gasteiger partial charge in [0.05, 0.1) is 6.54 Å². The molecule has 0 unspecified atom stereocenters. The van der Waals surface area contributed by atoms with Crippen LogP contribution in [0.3, 0.4) is 0 Å². The van der Waals surface area contributed by atoms with Crippen molar-refractivity contribution in [3.63, 3.8) is 0 Å². The molecule has 1 aromatic heterocycles. The third-order valence-corrected chi connectivity index (χ3v) is 3.88. The van der Waals surface area contributed by atoms with E-state index in [1.807, 2.05) is 0 Å². The zero-order valence-corrected chi connectivity index (χ0v) is 9.55. The van der Waals surface area contributed by atoms with Gasteiger partial charge in [0, 0.05) is 35.3 Å². The minimum atomic E-state index is -0.596. The summed E-state index contributed by atoms with van der Waals surface area (Å²) in [4.78, 5) is 0. The molecule has 0 radical (unpaired) electrons. The highest BCUT2D eigenvalue weighted by Crippen LogP contribution is 2.09. The number of nitrogens with one attached hydrogen (secondary N) is 1. The molecule has 1 aromatic rings. The zero-order chi connectivity index (χ0) is 10.7. The fourth-order valence-corrected chi connectivity index (χ4v) is 2.94. The molecule has 0 aliphatic carbocycles. The number of aryl methyl sites for hydroxylation is 1. The number of aromatic nitrogens is 2. The van der Waals surface area contributed by atoms with Gasteiger partial charge in [0.25, 0.3) is 0 Å². The normalized spacial score (nSPS) is 26.7. The fourth-order valence-electron chi connectivity index (χ4n) is 1.64. The molecule has 6 heteroatoms. The standard InChI is InChI=1S/C9H15N3O2S/c1-7-11-12-9(14-7)6-10-8-2-4-15(13)5-3-8/h8,10H,2-6H2,1H3. The van der Waals surface area contributed by atoms with E-state index in [1.54, 1.807) is 6.92 Å². The molecule has 1 aliphatic rings. The van der Waals surface area contributed by atoms with E-state index in [1.165, 1.54) is 0 Å². The van der Waals surface area contributed by atoms with E-state index in [-0.39, 0.29) is 0 Å². The lowest BCUT2D eigenvalue weighted by Gasteiger charge is -2.21. The Labute approximate surface area is 91.1 Å². The van der Waals surface area contributed by atoms with Crippen LogP contribution in [0, 0.1) is 6.92 Å². The monoisotopic (exact) mass is 229 g/mol. The summed E-state index contributed by atoms with van der Waals surface area (Å²) in [6.45, 7) is 2.39. The van der Waals surface area contributed by atoms with E-state index in [0.717, 1.165) is 24.3 Å². The van der Waals surface area contributed by atoms with Gasteiger partial charge in [0.2, 0.25) is 11.8 Å². The quantitative estimate of drug-likeness (QED) is 0.811. The Hall–Kier alpha value is -0.750. The third-order valence-electron chi connectivity index (χ3n) is 2.50. The summed E-state index contributed by atoms with van der Waals surface area (Å²) >= 11 is 0. The highest BCUT2D eigenvalue weighted by atomic mass is 32.2. The molecule has 2 rings (SSSR count). The molecule has 84 valence electrons. The Morgan fingerprint density at radius 1 is 1.47 bits per heavy atom. The van der Waals surface area contributed by atoms with E-state index < -0.39 is 10.8 Å². The summed E-state index contributed by atoms with van der Waals surface area (Å²) in [5.74, 6) is 2.83. The number of hydrogen-bond acceptors (Lipinski definition) is 5. The van der Waals surface area contributed by atoms with Gasteiger partial charge in [0.1, 0.15) is 0 Å². The van der Waals surface area contributed by atoms with Gasteiger partial charge in [-0.2, -0.15) is 0 Å². The van der Waals surface area contributed by atoms with Gasteiger partial charge in [-0.3, -0.25) is 4.21 Å². The molecule has 1 N–H and O–H groups in total. The summed E-state index contributed by atoms with van der Waals surface area (Å²) in [6, 6.07) is 0.440. The fraction of sp³-hybridized carbons (Fsp3) is 0.778. The molecule has 0 aromatic carbocycles. The van der Waals surface area contributed by atoms with Crippen LogP contribution < -0.4 is 5.32 Å². The van der Waals surface area contributed by atoms with E-state index in [2.05, 4.69) is 15.5 Å². The first-order valence-electron chi connectivity index (χ1n) is 5.11. The minimum Gasteiger partial charge on any atom is -0.424 e. The van der Waals surface area contributed by atoms with Crippen LogP contribution in [0.25, 0.3) is 0 Å². The molecule has 0 spiro atoms. The molecule has 15 heavy (non-hydrogen) atoms. The van der Waals surface area contributed by atoms with Gasteiger partial charge >= 0.3 is 0 Å². The number of hydrogen-bond donors (Lipinski definition) is 1. The molecular weight excluding hydrogens is 214 g/mol. The van der Waals surface area contributed by atoms with Crippen molar-refractivity contribution in [3.8, 4) is 0 Å².